The van der Waals surface area contributed by atoms with Crippen molar-refractivity contribution in [3.63, 3.8) is 0 Å². The molecule has 84 valence electrons. The molecule has 0 fully saturated rings. The maximum Gasteiger partial charge on any atom is 0.0765 e. The van der Waals surface area contributed by atoms with Gasteiger partial charge in [0.1, 0.15) is 0 Å². The summed E-state index contributed by atoms with van der Waals surface area (Å²) >= 11 is 5.08. The topological polar surface area (TPSA) is 17.0 Å². The van der Waals surface area contributed by atoms with E-state index >= 15 is 0 Å². The van der Waals surface area contributed by atoms with Crippen molar-refractivity contribution in [3.05, 3.63) is 30.5 Å². The van der Waals surface area contributed by atoms with E-state index < -0.39 is 0 Å². The van der Waals surface area contributed by atoms with E-state index in [9.17, 15) is 0 Å². The molecule has 0 spiro atoms. The molecule has 0 bridgehead atoms. The summed E-state index contributed by atoms with van der Waals surface area (Å²) in [5.41, 5.74) is 2.36. The fraction of sp³-hybridized carbons (Fsp3) is 0.308. The molecule has 0 saturated carbocycles. The summed E-state index contributed by atoms with van der Waals surface area (Å²) in [6.07, 6.45) is 3.28. The number of aryl methyl sites for hydroxylation is 1. The van der Waals surface area contributed by atoms with Gasteiger partial charge in [0, 0.05) is 23.8 Å². The highest BCUT2D eigenvalue weighted by molar-refractivity contribution is 7.80. The molecule has 0 saturated heterocycles. The molecule has 2 aromatic rings. The highest BCUT2D eigenvalue weighted by Crippen LogP contribution is 2.24. The zero-order valence-corrected chi connectivity index (χ0v) is 10.5. The van der Waals surface area contributed by atoms with Crippen molar-refractivity contribution in [3.8, 4) is 0 Å². The van der Waals surface area contributed by atoms with E-state index in [0.717, 1.165) is 23.6 Å². The molecule has 0 aliphatic heterocycles. The zero-order valence-electron chi connectivity index (χ0n) is 9.66. The van der Waals surface area contributed by atoms with E-state index in [-0.39, 0.29) is 0 Å². The fourth-order valence-electron chi connectivity index (χ4n) is 1.96. The van der Waals surface area contributed by atoms with E-state index in [2.05, 4.69) is 47.3 Å². The summed E-state index contributed by atoms with van der Waals surface area (Å²) < 4.78 is 2.28. The second-order valence-electron chi connectivity index (χ2n) is 3.93. The second kappa shape index (κ2) is 4.66. The summed E-state index contributed by atoms with van der Waals surface area (Å²) in [6.45, 7) is 5.15. The summed E-state index contributed by atoms with van der Waals surface area (Å²) in [7, 11) is 0. The molecule has 0 unspecified atom stereocenters. The number of rotatable bonds is 3. The average molecular weight is 232 g/mol. The van der Waals surface area contributed by atoms with Gasteiger partial charge in [0.2, 0.25) is 0 Å². The number of fused-ring (bicyclic) bond motifs is 1. The second-order valence-corrected chi connectivity index (χ2v) is 4.54. The van der Waals surface area contributed by atoms with Crippen molar-refractivity contribution in [1.82, 2.24) is 4.57 Å². The lowest BCUT2D eigenvalue weighted by Crippen LogP contribution is -2.03. The van der Waals surface area contributed by atoms with Crippen molar-refractivity contribution >= 4 is 33.8 Å². The van der Waals surface area contributed by atoms with Gasteiger partial charge in [0.25, 0.3) is 0 Å². The number of benzene rings is 1. The van der Waals surface area contributed by atoms with Gasteiger partial charge in [-0.25, -0.2) is 0 Å². The number of hydrogen-bond acceptors (Lipinski definition) is 1. The van der Waals surface area contributed by atoms with Gasteiger partial charge in [0.05, 0.1) is 10.5 Å². The van der Waals surface area contributed by atoms with Crippen LogP contribution in [0.4, 0.5) is 5.69 Å². The highest BCUT2D eigenvalue weighted by Gasteiger charge is 2.04. The van der Waals surface area contributed by atoms with Crippen LogP contribution in [0.25, 0.3) is 10.9 Å². The Morgan fingerprint density at radius 1 is 1.38 bits per heavy atom. The number of anilines is 1. The normalized spacial score (nSPS) is 10.6. The van der Waals surface area contributed by atoms with E-state index in [4.69, 9.17) is 12.2 Å². The Morgan fingerprint density at radius 3 is 2.88 bits per heavy atom. The molecule has 1 heterocycles. The minimum Gasteiger partial charge on any atom is -0.350 e. The van der Waals surface area contributed by atoms with E-state index in [1.165, 1.54) is 10.9 Å². The molecule has 0 aliphatic carbocycles. The zero-order chi connectivity index (χ0) is 11.5. The Kier molecular flexibility index (Phi) is 3.25. The molecule has 0 radical (unpaired) electrons. The van der Waals surface area contributed by atoms with Crippen LogP contribution < -0.4 is 5.32 Å². The van der Waals surface area contributed by atoms with Crippen molar-refractivity contribution in [1.29, 1.82) is 0 Å². The number of aromatic nitrogens is 1. The first-order valence-electron chi connectivity index (χ1n) is 5.58. The first-order chi connectivity index (χ1) is 7.72. The van der Waals surface area contributed by atoms with Crippen LogP contribution in [0.2, 0.25) is 0 Å². The third-order valence-electron chi connectivity index (χ3n) is 2.59. The van der Waals surface area contributed by atoms with Crippen molar-refractivity contribution in [2.45, 2.75) is 26.8 Å². The molecule has 3 heteroatoms. The quantitative estimate of drug-likeness (QED) is 0.810. The molecule has 1 N–H and O–H groups in total. The Hall–Kier alpha value is -1.35. The Morgan fingerprint density at radius 2 is 2.19 bits per heavy atom. The summed E-state index contributed by atoms with van der Waals surface area (Å²) in [4.78, 5) is 0.802. The first kappa shape index (κ1) is 11.1. The van der Waals surface area contributed by atoms with Crippen molar-refractivity contribution in [2.75, 3.05) is 5.32 Å². The van der Waals surface area contributed by atoms with Crippen LogP contribution in [0.15, 0.2) is 30.5 Å². The molecule has 1 aromatic carbocycles. The van der Waals surface area contributed by atoms with Gasteiger partial charge in [0.15, 0.2) is 0 Å². The monoisotopic (exact) mass is 232 g/mol. The summed E-state index contributed by atoms with van der Waals surface area (Å²) in [6, 6.07) is 8.42. The number of nitrogens with one attached hydrogen (secondary N) is 1. The molecule has 0 atom stereocenters. The minimum atomic E-state index is 0.802. The summed E-state index contributed by atoms with van der Waals surface area (Å²) in [5, 5.41) is 4.46. The molecule has 16 heavy (non-hydrogen) atoms. The van der Waals surface area contributed by atoms with Gasteiger partial charge in [-0.15, -0.1) is 0 Å². The number of thiocarbonyl (C=S) groups is 1. The third kappa shape index (κ3) is 2.09. The lowest BCUT2D eigenvalue weighted by atomic mass is 10.2. The highest BCUT2D eigenvalue weighted by atomic mass is 32.1. The predicted octanol–water partition coefficient (Wildman–Crippen LogP) is 3.81. The molecular formula is C13H16N2S. The van der Waals surface area contributed by atoms with Crippen LogP contribution in [0, 0.1) is 0 Å². The molecule has 2 rings (SSSR count). The standard InChI is InChI=1S/C13H16N2S/c1-3-8-15-9-7-11-12(14-10(2)16)5-4-6-13(11)15/h4-7,9H,3,8H2,1-2H3,(H,14,16). The lowest BCUT2D eigenvalue weighted by Gasteiger charge is -2.07. The van der Waals surface area contributed by atoms with Crippen molar-refractivity contribution < 1.29 is 0 Å². The van der Waals surface area contributed by atoms with Gasteiger partial charge in [-0.1, -0.05) is 25.2 Å². The van der Waals surface area contributed by atoms with Crippen LogP contribution in [0.3, 0.4) is 0 Å². The molecular weight excluding hydrogens is 216 g/mol. The van der Waals surface area contributed by atoms with Crippen LogP contribution in [-0.2, 0) is 6.54 Å². The SMILES string of the molecule is CCCn1ccc2c(NC(C)=S)cccc21. The minimum absolute atomic E-state index is 0.802. The fourth-order valence-corrected chi connectivity index (χ4v) is 2.07. The van der Waals surface area contributed by atoms with Gasteiger partial charge < -0.3 is 9.88 Å². The Bertz CT molecular complexity index is 514. The van der Waals surface area contributed by atoms with Crippen LogP contribution in [0.5, 0.6) is 0 Å². The molecule has 1 aromatic heterocycles. The largest absolute Gasteiger partial charge is 0.350 e. The molecule has 2 nitrogen and oxygen atoms in total. The van der Waals surface area contributed by atoms with Gasteiger partial charge in [-0.2, -0.15) is 0 Å². The van der Waals surface area contributed by atoms with Crippen LogP contribution in [-0.4, -0.2) is 9.56 Å². The van der Waals surface area contributed by atoms with E-state index in [1.54, 1.807) is 0 Å². The summed E-state index contributed by atoms with van der Waals surface area (Å²) in [5.74, 6) is 0. The van der Waals surface area contributed by atoms with Crippen LogP contribution in [0.1, 0.15) is 20.3 Å². The third-order valence-corrected chi connectivity index (χ3v) is 2.69. The Balaban J connectivity index is 2.48. The van der Waals surface area contributed by atoms with Gasteiger partial charge in [-0.05, 0) is 31.5 Å². The predicted molar refractivity (Wildman–Crippen MR) is 74.1 cm³/mol. The molecule has 0 aliphatic rings. The Labute approximate surface area is 101 Å². The first-order valence-corrected chi connectivity index (χ1v) is 5.98. The maximum atomic E-state index is 5.08. The molecule has 0 amide bonds. The average Bonchev–Trinajstić information content (AvgIpc) is 2.63. The van der Waals surface area contributed by atoms with Crippen LogP contribution >= 0.6 is 12.2 Å². The number of nitrogens with zero attached hydrogens (tertiary/aromatic N) is 1. The van der Waals surface area contributed by atoms with Gasteiger partial charge in [-0.3, -0.25) is 0 Å². The smallest absolute Gasteiger partial charge is 0.0765 e. The van der Waals surface area contributed by atoms with Gasteiger partial charge >= 0.3 is 0 Å². The number of hydrogen-bond donors (Lipinski definition) is 1. The van der Waals surface area contributed by atoms with Crippen molar-refractivity contribution in [2.24, 2.45) is 0 Å². The lowest BCUT2D eigenvalue weighted by molar-refractivity contribution is 0.703. The maximum absolute atomic E-state index is 5.08. The van der Waals surface area contributed by atoms with E-state index in [0.29, 0.717) is 0 Å². The van der Waals surface area contributed by atoms with E-state index in [1.807, 2.05) is 6.92 Å².